The zero-order valence-electron chi connectivity index (χ0n) is 15.4. The molecule has 2 amide bonds. The van der Waals surface area contributed by atoms with Crippen molar-refractivity contribution >= 4 is 23.4 Å². The highest BCUT2D eigenvalue weighted by atomic mass is 35.5. The van der Waals surface area contributed by atoms with E-state index in [0.717, 1.165) is 10.5 Å². The normalized spacial score (nSPS) is 11.6. The second-order valence-corrected chi connectivity index (χ2v) is 6.97. The smallest absolute Gasteiger partial charge is 0.257 e. The van der Waals surface area contributed by atoms with Gasteiger partial charge in [-0.3, -0.25) is 19.5 Å². The van der Waals surface area contributed by atoms with Crippen LogP contribution in [0, 0.1) is 17.4 Å². The van der Waals surface area contributed by atoms with Crippen molar-refractivity contribution in [3.8, 4) is 17.5 Å². The zero-order chi connectivity index (χ0) is 20.0. The number of carbonyl (C=O) groups is 2. The van der Waals surface area contributed by atoms with E-state index >= 15 is 0 Å². The van der Waals surface area contributed by atoms with Crippen LogP contribution in [0.5, 0.6) is 0 Å². The maximum atomic E-state index is 12.5. The number of nitrogens with one attached hydrogen (secondary N) is 1. The molecule has 0 fully saturated rings. The minimum Gasteiger partial charge on any atom is -0.340 e. The van der Waals surface area contributed by atoms with E-state index in [9.17, 15) is 9.59 Å². The number of nitriles is 1. The van der Waals surface area contributed by atoms with E-state index in [-0.39, 0.29) is 5.92 Å². The highest BCUT2D eigenvalue weighted by Gasteiger charge is 2.25. The van der Waals surface area contributed by atoms with E-state index in [0.29, 0.717) is 22.7 Å². The molecule has 1 aromatic heterocycles. The second-order valence-electron chi connectivity index (χ2n) is 6.56. The van der Waals surface area contributed by atoms with Gasteiger partial charge in [-0.1, -0.05) is 43.6 Å². The first-order valence-corrected chi connectivity index (χ1v) is 8.90. The van der Waals surface area contributed by atoms with Gasteiger partial charge in [0.2, 0.25) is 0 Å². The summed E-state index contributed by atoms with van der Waals surface area (Å²) in [5.74, 6) is -0.689. The van der Waals surface area contributed by atoms with Crippen molar-refractivity contribution < 1.29 is 9.59 Å². The minimum absolute atomic E-state index is 0.173. The van der Waals surface area contributed by atoms with Crippen LogP contribution in [-0.4, -0.2) is 34.8 Å². The van der Waals surface area contributed by atoms with Crippen LogP contribution in [0.4, 0.5) is 0 Å². The van der Waals surface area contributed by atoms with E-state index in [1.807, 2.05) is 32.0 Å². The second kappa shape index (κ2) is 9.15. The molecule has 0 bridgehead atoms. The van der Waals surface area contributed by atoms with Gasteiger partial charge in [0.05, 0.1) is 11.3 Å². The molecule has 2 aromatic rings. The van der Waals surface area contributed by atoms with E-state index in [2.05, 4.69) is 10.3 Å². The van der Waals surface area contributed by atoms with Crippen molar-refractivity contribution in [3.05, 3.63) is 53.2 Å². The topological polar surface area (TPSA) is 86.1 Å². The molecule has 0 saturated heterocycles. The van der Waals surface area contributed by atoms with Gasteiger partial charge in [-0.05, 0) is 30.5 Å². The monoisotopic (exact) mass is 384 g/mol. The Hall–Kier alpha value is -2.91. The summed E-state index contributed by atoms with van der Waals surface area (Å²) in [7, 11) is 1.38. The molecule has 140 valence electrons. The van der Waals surface area contributed by atoms with Crippen molar-refractivity contribution in [1.29, 1.82) is 5.26 Å². The molecule has 0 spiro atoms. The van der Waals surface area contributed by atoms with Gasteiger partial charge in [0.15, 0.2) is 6.19 Å². The quantitative estimate of drug-likeness (QED) is 0.610. The average Bonchev–Trinajstić information content (AvgIpc) is 2.66. The van der Waals surface area contributed by atoms with E-state index < -0.39 is 17.9 Å². The first-order chi connectivity index (χ1) is 12.8. The Kier molecular flexibility index (Phi) is 6.91. The van der Waals surface area contributed by atoms with Crippen molar-refractivity contribution in [2.75, 3.05) is 7.05 Å². The van der Waals surface area contributed by atoms with E-state index in [1.54, 1.807) is 24.4 Å². The number of hydrogen-bond acceptors (Lipinski definition) is 4. The number of halogens is 1. The molecule has 2 rings (SSSR count). The summed E-state index contributed by atoms with van der Waals surface area (Å²) >= 11 is 6.17. The summed E-state index contributed by atoms with van der Waals surface area (Å²) < 4.78 is 0. The van der Waals surface area contributed by atoms with Gasteiger partial charge in [0.25, 0.3) is 11.8 Å². The first kappa shape index (κ1) is 20.4. The van der Waals surface area contributed by atoms with Crippen LogP contribution in [0.15, 0.2) is 42.6 Å². The van der Waals surface area contributed by atoms with Gasteiger partial charge in [0, 0.05) is 23.8 Å². The standard InChI is InChI=1S/C20H21ClN4O2/c1-13(2)10-18(20(27)25(3)12-22)24-19(26)14-8-9-17(23-11-14)15-6-4-5-7-16(15)21/h4-9,11,13,18H,10H2,1-3H3,(H,24,26). The zero-order valence-corrected chi connectivity index (χ0v) is 16.2. The number of amides is 2. The molecule has 6 nitrogen and oxygen atoms in total. The Labute approximate surface area is 163 Å². The summed E-state index contributed by atoms with van der Waals surface area (Å²) in [5.41, 5.74) is 1.75. The lowest BCUT2D eigenvalue weighted by Gasteiger charge is -2.21. The number of carbonyl (C=O) groups excluding carboxylic acids is 2. The first-order valence-electron chi connectivity index (χ1n) is 8.52. The molecule has 0 aliphatic rings. The third-order valence-corrected chi connectivity index (χ3v) is 4.30. The fourth-order valence-electron chi connectivity index (χ4n) is 2.57. The average molecular weight is 385 g/mol. The maximum Gasteiger partial charge on any atom is 0.257 e. The lowest BCUT2D eigenvalue weighted by molar-refractivity contribution is -0.129. The van der Waals surface area contributed by atoms with Crippen LogP contribution >= 0.6 is 11.6 Å². The molecule has 1 atom stereocenters. The van der Waals surface area contributed by atoms with Gasteiger partial charge in [-0.15, -0.1) is 0 Å². The summed E-state index contributed by atoms with van der Waals surface area (Å²) in [6.45, 7) is 3.89. The summed E-state index contributed by atoms with van der Waals surface area (Å²) in [6, 6.07) is 9.87. The van der Waals surface area contributed by atoms with Gasteiger partial charge < -0.3 is 5.32 Å². The van der Waals surface area contributed by atoms with E-state index in [1.165, 1.54) is 13.2 Å². The molecular weight excluding hydrogens is 364 g/mol. The Morgan fingerprint density at radius 2 is 1.96 bits per heavy atom. The Morgan fingerprint density at radius 3 is 2.52 bits per heavy atom. The van der Waals surface area contributed by atoms with Crippen LogP contribution in [0.3, 0.4) is 0 Å². The predicted octanol–water partition coefficient (Wildman–Crippen LogP) is 3.49. The molecule has 0 aliphatic carbocycles. The fraction of sp³-hybridized carbons (Fsp3) is 0.300. The van der Waals surface area contributed by atoms with Crippen LogP contribution in [-0.2, 0) is 4.79 Å². The maximum absolute atomic E-state index is 12.5. The summed E-state index contributed by atoms with van der Waals surface area (Å²) in [4.78, 5) is 30.1. The van der Waals surface area contributed by atoms with Crippen molar-refractivity contribution in [2.24, 2.45) is 5.92 Å². The number of pyridine rings is 1. The van der Waals surface area contributed by atoms with E-state index in [4.69, 9.17) is 16.9 Å². The molecule has 1 heterocycles. The molecule has 0 aliphatic heterocycles. The van der Waals surface area contributed by atoms with Gasteiger partial charge in [-0.25, -0.2) is 0 Å². The predicted molar refractivity (Wildman–Crippen MR) is 104 cm³/mol. The van der Waals surface area contributed by atoms with Crippen LogP contribution < -0.4 is 5.32 Å². The number of aromatic nitrogens is 1. The number of likely N-dealkylation sites (N-methyl/N-ethyl adjacent to an activating group) is 1. The SMILES string of the molecule is CC(C)CC(NC(=O)c1ccc(-c2ccccc2Cl)nc1)C(=O)N(C)C#N. The molecule has 0 saturated carbocycles. The van der Waals surface area contributed by atoms with Crippen LogP contribution in [0.1, 0.15) is 30.6 Å². The lowest BCUT2D eigenvalue weighted by Crippen LogP contribution is -2.46. The number of benzene rings is 1. The number of rotatable bonds is 6. The molecule has 1 unspecified atom stereocenters. The summed E-state index contributed by atoms with van der Waals surface area (Å²) in [5, 5.41) is 12.2. The van der Waals surface area contributed by atoms with Crippen LogP contribution in [0.25, 0.3) is 11.3 Å². The molecule has 7 heteroatoms. The molecule has 0 radical (unpaired) electrons. The molecule has 27 heavy (non-hydrogen) atoms. The third-order valence-electron chi connectivity index (χ3n) is 3.97. The summed E-state index contributed by atoms with van der Waals surface area (Å²) in [6.07, 6.45) is 3.65. The third kappa shape index (κ3) is 5.28. The highest BCUT2D eigenvalue weighted by Crippen LogP contribution is 2.25. The largest absolute Gasteiger partial charge is 0.340 e. The van der Waals surface area contributed by atoms with Gasteiger partial charge in [0.1, 0.15) is 6.04 Å². The molecule has 1 N–H and O–H groups in total. The Morgan fingerprint density at radius 1 is 1.26 bits per heavy atom. The highest BCUT2D eigenvalue weighted by molar-refractivity contribution is 6.33. The number of nitrogens with zero attached hydrogens (tertiary/aromatic N) is 3. The van der Waals surface area contributed by atoms with Gasteiger partial charge in [-0.2, -0.15) is 5.26 Å². The van der Waals surface area contributed by atoms with Crippen molar-refractivity contribution in [1.82, 2.24) is 15.2 Å². The van der Waals surface area contributed by atoms with Gasteiger partial charge >= 0.3 is 0 Å². The molecular formula is C20H21ClN4O2. The van der Waals surface area contributed by atoms with Crippen LogP contribution in [0.2, 0.25) is 5.02 Å². The van der Waals surface area contributed by atoms with Crippen molar-refractivity contribution in [2.45, 2.75) is 26.3 Å². The minimum atomic E-state index is -0.773. The Balaban J connectivity index is 2.17. The lowest BCUT2D eigenvalue weighted by atomic mass is 10.0. The fourth-order valence-corrected chi connectivity index (χ4v) is 2.81. The number of hydrogen-bond donors (Lipinski definition) is 1. The van der Waals surface area contributed by atoms with Crippen molar-refractivity contribution in [3.63, 3.8) is 0 Å². The molecule has 1 aromatic carbocycles. The Bertz CT molecular complexity index is 859.